The highest BCUT2D eigenvalue weighted by Gasteiger charge is 2.25. The maximum atomic E-state index is 12.4. The van der Waals surface area contributed by atoms with E-state index in [1.807, 2.05) is 42.5 Å². The lowest BCUT2D eigenvalue weighted by atomic mass is 10.0. The summed E-state index contributed by atoms with van der Waals surface area (Å²) in [6.07, 6.45) is 1.66. The van der Waals surface area contributed by atoms with E-state index < -0.39 is 0 Å². The van der Waals surface area contributed by atoms with E-state index in [-0.39, 0.29) is 18.6 Å². The summed E-state index contributed by atoms with van der Waals surface area (Å²) >= 11 is 0. The molecule has 4 nitrogen and oxygen atoms in total. The van der Waals surface area contributed by atoms with Crippen LogP contribution in [0.5, 0.6) is 0 Å². The van der Waals surface area contributed by atoms with Crippen molar-refractivity contribution in [2.45, 2.75) is 12.8 Å². The predicted molar refractivity (Wildman–Crippen MR) is 91.5 cm³/mol. The number of para-hydroxylation sites is 1. The number of nitrogens with one attached hydrogen (secondary N) is 1. The Kier molecular flexibility index (Phi) is 4.93. The second-order valence-electron chi connectivity index (χ2n) is 6.03. The molecule has 1 aliphatic rings. The van der Waals surface area contributed by atoms with Crippen molar-refractivity contribution in [3.8, 4) is 0 Å². The molecular weight excluding hydrogens is 288 g/mol. The molecule has 1 saturated heterocycles. The quantitative estimate of drug-likeness (QED) is 0.911. The third kappa shape index (κ3) is 3.90. The number of carbonyl (C=O) groups is 1. The van der Waals surface area contributed by atoms with Crippen molar-refractivity contribution in [1.82, 2.24) is 4.90 Å². The number of amides is 2. The maximum Gasteiger partial charge on any atom is 0.321 e. The van der Waals surface area contributed by atoms with Gasteiger partial charge in [-0.05, 0) is 30.0 Å². The van der Waals surface area contributed by atoms with Crippen molar-refractivity contribution in [3.05, 3.63) is 65.7 Å². The Labute approximate surface area is 136 Å². The first kappa shape index (κ1) is 15.6. The Morgan fingerprint density at radius 1 is 1.13 bits per heavy atom. The van der Waals surface area contributed by atoms with Gasteiger partial charge in [0.15, 0.2) is 0 Å². The first-order chi connectivity index (χ1) is 11.3. The van der Waals surface area contributed by atoms with Gasteiger partial charge in [-0.2, -0.15) is 0 Å². The van der Waals surface area contributed by atoms with Crippen LogP contribution in [-0.2, 0) is 6.42 Å². The summed E-state index contributed by atoms with van der Waals surface area (Å²) in [7, 11) is 0. The van der Waals surface area contributed by atoms with Gasteiger partial charge in [0.1, 0.15) is 0 Å². The van der Waals surface area contributed by atoms with Gasteiger partial charge in [-0.15, -0.1) is 0 Å². The molecule has 2 aromatic carbocycles. The number of aliphatic hydroxyl groups excluding tert-OH is 1. The maximum absolute atomic E-state index is 12.4. The lowest BCUT2D eigenvalue weighted by Gasteiger charge is -2.18. The molecule has 0 spiro atoms. The van der Waals surface area contributed by atoms with Gasteiger partial charge >= 0.3 is 6.03 Å². The molecule has 2 amide bonds. The van der Waals surface area contributed by atoms with E-state index in [4.69, 9.17) is 0 Å². The van der Waals surface area contributed by atoms with Crippen LogP contribution in [0.25, 0.3) is 0 Å². The first-order valence-electron chi connectivity index (χ1n) is 8.05. The van der Waals surface area contributed by atoms with E-state index in [9.17, 15) is 9.90 Å². The Morgan fingerprint density at radius 3 is 2.61 bits per heavy atom. The number of aliphatic hydroxyl groups is 1. The summed E-state index contributed by atoms with van der Waals surface area (Å²) in [5, 5.41) is 12.2. The van der Waals surface area contributed by atoms with Gasteiger partial charge in [-0.1, -0.05) is 48.5 Å². The number of hydrogen-bond acceptors (Lipinski definition) is 2. The Bertz CT molecular complexity index is 657. The Morgan fingerprint density at radius 2 is 1.87 bits per heavy atom. The number of rotatable bonds is 4. The van der Waals surface area contributed by atoms with Gasteiger partial charge in [0.25, 0.3) is 0 Å². The molecule has 2 aromatic rings. The van der Waals surface area contributed by atoms with Crippen LogP contribution in [0, 0.1) is 5.92 Å². The van der Waals surface area contributed by atoms with E-state index in [0.717, 1.165) is 24.1 Å². The summed E-state index contributed by atoms with van der Waals surface area (Å²) in [6, 6.07) is 18.1. The fourth-order valence-corrected chi connectivity index (χ4v) is 2.97. The summed E-state index contributed by atoms with van der Waals surface area (Å²) < 4.78 is 0. The zero-order valence-electron chi connectivity index (χ0n) is 13.1. The molecule has 1 unspecified atom stereocenters. The third-order valence-electron chi connectivity index (χ3n) is 4.33. The second-order valence-corrected chi connectivity index (χ2v) is 6.03. The van der Waals surface area contributed by atoms with Crippen LogP contribution in [0.15, 0.2) is 54.6 Å². The number of likely N-dealkylation sites (tertiary alicyclic amines) is 1. The van der Waals surface area contributed by atoms with Crippen molar-refractivity contribution in [1.29, 1.82) is 0 Å². The van der Waals surface area contributed by atoms with Crippen LogP contribution < -0.4 is 5.32 Å². The summed E-state index contributed by atoms with van der Waals surface area (Å²) in [5.74, 6) is 0.209. The average Bonchev–Trinajstić information content (AvgIpc) is 3.07. The number of carbonyl (C=O) groups excluding carboxylic acids is 1. The molecule has 1 aliphatic heterocycles. The zero-order chi connectivity index (χ0) is 16.1. The van der Waals surface area contributed by atoms with Crippen LogP contribution in [0.2, 0.25) is 0 Å². The predicted octanol–water partition coefficient (Wildman–Crippen LogP) is 3.12. The van der Waals surface area contributed by atoms with E-state index in [1.165, 1.54) is 5.56 Å². The minimum atomic E-state index is -0.0820. The summed E-state index contributed by atoms with van der Waals surface area (Å²) in [6.45, 7) is 1.48. The summed E-state index contributed by atoms with van der Waals surface area (Å²) in [5.41, 5.74) is 3.18. The lowest BCUT2D eigenvalue weighted by Crippen LogP contribution is -2.33. The highest BCUT2D eigenvalue weighted by molar-refractivity contribution is 5.90. The molecule has 23 heavy (non-hydrogen) atoms. The molecule has 1 fully saturated rings. The van der Waals surface area contributed by atoms with Gasteiger partial charge in [0.05, 0.1) is 0 Å². The number of urea groups is 1. The fraction of sp³-hybridized carbons (Fsp3) is 0.316. The monoisotopic (exact) mass is 310 g/mol. The molecule has 4 heteroatoms. The fourth-order valence-electron chi connectivity index (χ4n) is 2.97. The third-order valence-corrected chi connectivity index (χ3v) is 4.33. The van der Waals surface area contributed by atoms with E-state index in [0.29, 0.717) is 13.1 Å². The van der Waals surface area contributed by atoms with Crippen LogP contribution in [0.3, 0.4) is 0 Å². The number of anilines is 1. The van der Waals surface area contributed by atoms with Gasteiger partial charge in [0, 0.05) is 31.3 Å². The average molecular weight is 310 g/mol. The minimum Gasteiger partial charge on any atom is -0.396 e. The van der Waals surface area contributed by atoms with Crippen molar-refractivity contribution < 1.29 is 9.90 Å². The number of hydrogen-bond donors (Lipinski definition) is 2. The second kappa shape index (κ2) is 7.29. The topological polar surface area (TPSA) is 52.6 Å². The molecule has 0 bridgehead atoms. The van der Waals surface area contributed by atoms with Crippen LogP contribution in [-0.4, -0.2) is 35.7 Å². The molecule has 0 saturated carbocycles. The molecule has 0 aromatic heterocycles. The highest BCUT2D eigenvalue weighted by atomic mass is 16.3. The van der Waals surface area contributed by atoms with Crippen molar-refractivity contribution >= 4 is 11.7 Å². The van der Waals surface area contributed by atoms with Crippen molar-refractivity contribution in [3.63, 3.8) is 0 Å². The SMILES string of the molecule is O=C(Nc1ccccc1Cc1ccccc1)N1CCC(CO)C1. The van der Waals surface area contributed by atoms with Crippen LogP contribution >= 0.6 is 0 Å². The number of nitrogens with zero attached hydrogens (tertiary/aromatic N) is 1. The van der Waals surface area contributed by atoms with Crippen molar-refractivity contribution in [2.75, 3.05) is 25.0 Å². The van der Waals surface area contributed by atoms with Crippen molar-refractivity contribution in [2.24, 2.45) is 5.92 Å². The van der Waals surface area contributed by atoms with E-state index in [2.05, 4.69) is 17.4 Å². The highest BCUT2D eigenvalue weighted by Crippen LogP contribution is 2.21. The smallest absolute Gasteiger partial charge is 0.321 e. The summed E-state index contributed by atoms with van der Waals surface area (Å²) in [4.78, 5) is 14.2. The van der Waals surface area contributed by atoms with Gasteiger partial charge < -0.3 is 15.3 Å². The van der Waals surface area contributed by atoms with E-state index in [1.54, 1.807) is 4.90 Å². The zero-order valence-corrected chi connectivity index (χ0v) is 13.1. The minimum absolute atomic E-state index is 0.0820. The molecule has 1 atom stereocenters. The lowest BCUT2D eigenvalue weighted by molar-refractivity contribution is 0.208. The molecule has 0 aliphatic carbocycles. The normalized spacial score (nSPS) is 17.3. The molecule has 120 valence electrons. The van der Waals surface area contributed by atoms with Gasteiger partial charge in [0.2, 0.25) is 0 Å². The molecule has 0 radical (unpaired) electrons. The molecule has 2 N–H and O–H groups in total. The first-order valence-corrected chi connectivity index (χ1v) is 8.05. The molecular formula is C19H22N2O2. The largest absolute Gasteiger partial charge is 0.396 e. The standard InChI is InChI=1S/C19H22N2O2/c22-14-16-10-11-21(13-16)19(23)20-18-9-5-4-8-17(18)12-15-6-2-1-3-7-15/h1-9,16,22H,10-14H2,(H,20,23). The number of benzene rings is 2. The van der Waals surface area contributed by atoms with Crippen LogP contribution in [0.4, 0.5) is 10.5 Å². The Balaban J connectivity index is 1.69. The van der Waals surface area contributed by atoms with Gasteiger partial charge in [-0.3, -0.25) is 0 Å². The molecule has 1 heterocycles. The Hall–Kier alpha value is -2.33. The van der Waals surface area contributed by atoms with Gasteiger partial charge in [-0.25, -0.2) is 4.79 Å². The van der Waals surface area contributed by atoms with E-state index >= 15 is 0 Å². The van der Waals surface area contributed by atoms with Crippen LogP contribution in [0.1, 0.15) is 17.5 Å². The molecule has 3 rings (SSSR count).